The van der Waals surface area contributed by atoms with Crippen molar-refractivity contribution >= 4 is 39.1 Å². The number of sulfonamides is 1. The highest BCUT2D eigenvalue weighted by atomic mass is 35.5. The minimum Gasteiger partial charge on any atom is -0.355 e. The number of amides is 1. The van der Waals surface area contributed by atoms with Crippen LogP contribution in [0.15, 0.2) is 17.2 Å². The second kappa shape index (κ2) is 7.21. The van der Waals surface area contributed by atoms with E-state index >= 15 is 0 Å². The van der Waals surface area contributed by atoms with E-state index in [4.69, 9.17) is 23.2 Å². The van der Waals surface area contributed by atoms with Crippen molar-refractivity contribution in [2.75, 3.05) is 20.1 Å². The second-order valence-electron chi connectivity index (χ2n) is 4.05. The van der Waals surface area contributed by atoms with Gasteiger partial charge in [0.15, 0.2) is 0 Å². The maximum Gasteiger partial charge on any atom is 0.244 e. The van der Waals surface area contributed by atoms with Gasteiger partial charge in [-0.25, -0.2) is 13.4 Å². The number of likely N-dealkylation sites (N-methyl/N-ethyl adjacent to an activating group) is 1. The number of nitrogens with zero attached hydrogens (tertiary/aromatic N) is 2. The van der Waals surface area contributed by atoms with E-state index in [1.165, 1.54) is 13.1 Å². The fraction of sp³-hybridized carbons (Fsp3) is 0.455. The highest BCUT2D eigenvalue weighted by Crippen LogP contribution is 2.23. The van der Waals surface area contributed by atoms with Crippen LogP contribution >= 0.6 is 23.2 Å². The summed E-state index contributed by atoms with van der Waals surface area (Å²) in [5.41, 5.74) is 0. The molecule has 0 radical (unpaired) electrons. The second-order valence-corrected chi connectivity index (χ2v) is 6.86. The zero-order chi connectivity index (χ0) is 15.3. The number of pyridine rings is 1. The molecule has 0 bridgehead atoms. The summed E-state index contributed by atoms with van der Waals surface area (Å²) in [6.45, 7) is 2.13. The average Bonchev–Trinajstić information content (AvgIpc) is 2.39. The van der Waals surface area contributed by atoms with Crippen molar-refractivity contribution in [3.8, 4) is 0 Å². The summed E-state index contributed by atoms with van der Waals surface area (Å²) in [6, 6.07) is 1.20. The average molecular weight is 340 g/mol. The lowest BCUT2D eigenvalue weighted by molar-refractivity contribution is -0.121. The molecule has 1 N–H and O–H groups in total. The van der Waals surface area contributed by atoms with Gasteiger partial charge in [-0.3, -0.25) is 4.79 Å². The maximum atomic E-state index is 12.2. The van der Waals surface area contributed by atoms with Gasteiger partial charge in [-0.2, -0.15) is 4.31 Å². The largest absolute Gasteiger partial charge is 0.355 e. The van der Waals surface area contributed by atoms with E-state index in [1.54, 1.807) is 0 Å². The zero-order valence-electron chi connectivity index (χ0n) is 11.1. The Morgan fingerprint density at radius 3 is 2.65 bits per heavy atom. The molecule has 20 heavy (non-hydrogen) atoms. The molecule has 9 heteroatoms. The summed E-state index contributed by atoms with van der Waals surface area (Å²) >= 11 is 11.4. The van der Waals surface area contributed by atoms with E-state index in [0.29, 0.717) is 6.54 Å². The highest BCUT2D eigenvalue weighted by molar-refractivity contribution is 7.89. The standard InChI is InChI=1S/C11H15Cl2N3O3S/c1-3-4-14-10(17)7-16(2)20(18,19)8-5-9(12)11(13)15-6-8/h5-6H,3-4,7H2,1-2H3,(H,14,17). The number of halogens is 2. The van der Waals surface area contributed by atoms with Crippen LogP contribution in [0.3, 0.4) is 0 Å². The van der Waals surface area contributed by atoms with Gasteiger partial charge in [0, 0.05) is 19.8 Å². The van der Waals surface area contributed by atoms with Crippen LogP contribution < -0.4 is 5.32 Å². The Labute approximate surface area is 128 Å². The minimum atomic E-state index is -3.83. The van der Waals surface area contributed by atoms with Crippen LogP contribution in [0.1, 0.15) is 13.3 Å². The van der Waals surface area contributed by atoms with E-state index in [-0.39, 0.29) is 27.5 Å². The monoisotopic (exact) mass is 339 g/mol. The van der Waals surface area contributed by atoms with E-state index in [9.17, 15) is 13.2 Å². The normalized spacial score (nSPS) is 11.7. The molecule has 0 saturated carbocycles. The fourth-order valence-electron chi connectivity index (χ4n) is 1.33. The van der Waals surface area contributed by atoms with E-state index < -0.39 is 10.0 Å². The number of carbonyl (C=O) groups is 1. The molecule has 0 aliphatic heterocycles. The topological polar surface area (TPSA) is 79.4 Å². The third-order valence-electron chi connectivity index (χ3n) is 2.42. The van der Waals surface area contributed by atoms with Crippen LogP contribution in [0.4, 0.5) is 0 Å². The van der Waals surface area contributed by atoms with Crippen molar-refractivity contribution in [1.29, 1.82) is 0 Å². The molecule has 1 heterocycles. The molecule has 0 aliphatic carbocycles. The Morgan fingerprint density at radius 1 is 1.45 bits per heavy atom. The van der Waals surface area contributed by atoms with Gasteiger partial charge in [0.1, 0.15) is 10.0 Å². The van der Waals surface area contributed by atoms with Gasteiger partial charge >= 0.3 is 0 Å². The lowest BCUT2D eigenvalue weighted by Crippen LogP contribution is -2.38. The van der Waals surface area contributed by atoms with Crippen molar-refractivity contribution in [1.82, 2.24) is 14.6 Å². The summed E-state index contributed by atoms with van der Waals surface area (Å²) in [5.74, 6) is -0.369. The molecule has 0 aliphatic rings. The first kappa shape index (κ1) is 17.2. The Hall–Kier alpha value is -0.890. The summed E-state index contributed by atoms with van der Waals surface area (Å²) < 4.78 is 25.3. The summed E-state index contributed by atoms with van der Waals surface area (Å²) in [4.78, 5) is 15.1. The molecule has 0 saturated heterocycles. The number of nitrogens with one attached hydrogen (secondary N) is 1. The smallest absolute Gasteiger partial charge is 0.244 e. The van der Waals surface area contributed by atoms with Gasteiger partial charge < -0.3 is 5.32 Å². The number of aromatic nitrogens is 1. The molecule has 112 valence electrons. The van der Waals surface area contributed by atoms with E-state index in [1.807, 2.05) is 6.92 Å². The molecule has 0 aromatic carbocycles. The minimum absolute atomic E-state index is 0.0222. The quantitative estimate of drug-likeness (QED) is 0.797. The molecule has 6 nitrogen and oxygen atoms in total. The van der Waals surface area contributed by atoms with Crippen LogP contribution in [0.5, 0.6) is 0 Å². The molecular weight excluding hydrogens is 325 g/mol. The number of rotatable bonds is 6. The van der Waals surface area contributed by atoms with Crippen molar-refractivity contribution in [3.63, 3.8) is 0 Å². The van der Waals surface area contributed by atoms with Gasteiger partial charge in [0.25, 0.3) is 0 Å². The zero-order valence-corrected chi connectivity index (χ0v) is 13.4. The lowest BCUT2D eigenvalue weighted by Gasteiger charge is -2.16. The molecule has 0 unspecified atom stereocenters. The Balaban J connectivity index is 2.87. The summed E-state index contributed by atoms with van der Waals surface area (Å²) in [5, 5.41) is 2.66. The molecule has 1 aromatic rings. The Bertz CT molecular complexity index is 593. The predicted molar refractivity (Wildman–Crippen MR) is 77.4 cm³/mol. The van der Waals surface area contributed by atoms with Crippen molar-refractivity contribution < 1.29 is 13.2 Å². The highest BCUT2D eigenvalue weighted by Gasteiger charge is 2.24. The van der Waals surface area contributed by atoms with Crippen LogP contribution in [0.25, 0.3) is 0 Å². The summed E-state index contributed by atoms with van der Waals surface area (Å²) in [6.07, 6.45) is 1.88. The third-order valence-corrected chi connectivity index (χ3v) is 4.87. The van der Waals surface area contributed by atoms with Crippen molar-refractivity contribution in [2.45, 2.75) is 18.2 Å². The van der Waals surface area contributed by atoms with Gasteiger partial charge in [-0.05, 0) is 12.5 Å². The third kappa shape index (κ3) is 4.31. The Kier molecular flexibility index (Phi) is 6.19. The van der Waals surface area contributed by atoms with Gasteiger partial charge in [-0.15, -0.1) is 0 Å². The van der Waals surface area contributed by atoms with Crippen LogP contribution in [0.2, 0.25) is 10.2 Å². The number of carbonyl (C=O) groups excluding carboxylic acids is 1. The molecule has 0 spiro atoms. The fourth-order valence-corrected chi connectivity index (χ4v) is 2.77. The number of hydrogen-bond acceptors (Lipinski definition) is 4. The first-order valence-electron chi connectivity index (χ1n) is 5.83. The molecule has 1 rings (SSSR count). The Morgan fingerprint density at radius 2 is 2.10 bits per heavy atom. The molecule has 0 atom stereocenters. The van der Waals surface area contributed by atoms with Gasteiger partial charge in [-0.1, -0.05) is 30.1 Å². The van der Waals surface area contributed by atoms with E-state index in [0.717, 1.165) is 16.9 Å². The number of hydrogen-bond donors (Lipinski definition) is 1. The van der Waals surface area contributed by atoms with E-state index in [2.05, 4.69) is 10.3 Å². The maximum absolute atomic E-state index is 12.2. The molecule has 0 fully saturated rings. The summed E-state index contributed by atoms with van der Waals surface area (Å²) in [7, 11) is -2.52. The van der Waals surface area contributed by atoms with Gasteiger partial charge in [0.05, 0.1) is 11.6 Å². The van der Waals surface area contributed by atoms with Crippen LogP contribution in [-0.4, -0.2) is 43.8 Å². The van der Waals surface area contributed by atoms with Crippen LogP contribution in [0, 0.1) is 0 Å². The first-order valence-corrected chi connectivity index (χ1v) is 8.02. The first-order chi connectivity index (χ1) is 9.28. The van der Waals surface area contributed by atoms with Crippen molar-refractivity contribution in [3.05, 3.63) is 22.4 Å². The lowest BCUT2D eigenvalue weighted by atomic mass is 10.4. The van der Waals surface area contributed by atoms with Crippen molar-refractivity contribution in [2.24, 2.45) is 0 Å². The SMILES string of the molecule is CCCNC(=O)CN(C)S(=O)(=O)c1cnc(Cl)c(Cl)c1. The van der Waals surface area contributed by atoms with Crippen LogP contribution in [-0.2, 0) is 14.8 Å². The molecule has 1 aromatic heterocycles. The molecular formula is C11H15Cl2N3O3S. The predicted octanol–water partition coefficient (Wildman–Crippen LogP) is 1.54. The molecule has 1 amide bonds. The van der Waals surface area contributed by atoms with Gasteiger partial charge in [0.2, 0.25) is 15.9 Å².